The molecule has 26 heavy (non-hydrogen) atoms. The Morgan fingerprint density at radius 1 is 1.15 bits per heavy atom. The zero-order valence-corrected chi connectivity index (χ0v) is 16.0. The van der Waals surface area contributed by atoms with E-state index in [2.05, 4.69) is 33.1 Å². The Labute approximate surface area is 155 Å². The number of aromatic nitrogens is 3. The molecule has 0 unspecified atom stereocenters. The van der Waals surface area contributed by atoms with Gasteiger partial charge in [-0.25, -0.2) is 0 Å². The maximum atomic E-state index is 6.00. The van der Waals surface area contributed by atoms with E-state index in [-0.39, 0.29) is 0 Å². The highest BCUT2D eigenvalue weighted by atomic mass is 16.5. The van der Waals surface area contributed by atoms with Crippen LogP contribution in [0.5, 0.6) is 11.5 Å². The van der Waals surface area contributed by atoms with Gasteiger partial charge in [0, 0.05) is 25.1 Å². The predicted octanol–water partition coefficient (Wildman–Crippen LogP) is 3.48. The Bertz CT molecular complexity index is 699. The van der Waals surface area contributed by atoms with Crippen LogP contribution in [0.4, 0.5) is 0 Å². The van der Waals surface area contributed by atoms with E-state index in [9.17, 15) is 0 Å². The largest absolute Gasteiger partial charge is 0.493 e. The minimum Gasteiger partial charge on any atom is -0.493 e. The smallest absolute Gasteiger partial charge is 0.165 e. The maximum Gasteiger partial charge on any atom is 0.165 e. The number of hydrogen-bond donors (Lipinski definition) is 1. The molecule has 1 aliphatic heterocycles. The van der Waals surface area contributed by atoms with Crippen molar-refractivity contribution in [1.29, 1.82) is 0 Å². The summed E-state index contributed by atoms with van der Waals surface area (Å²) in [5.41, 5.74) is 1.11. The maximum absolute atomic E-state index is 6.00. The normalized spacial score (nSPS) is 13.9. The van der Waals surface area contributed by atoms with E-state index in [1.807, 2.05) is 12.1 Å². The van der Waals surface area contributed by atoms with Crippen LogP contribution in [0.2, 0.25) is 0 Å². The van der Waals surface area contributed by atoms with E-state index in [4.69, 9.17) is 9.47 Å². The van der Waals surface area contributed by atoms with Crippen LogP contribution in [0.25, 0.3) is 0 Å². The van der Waals surface area contributed by atoms with E-state index < -0.39 is 0 Å². The lowest BCUT2D eigenvalue weighted by atomic mass is 10.2. The van der Waals surface area contributed by atoms with Gasteiger partial charge in [-0.05, 0) is 25.3 Å². The summed E-state index contributed by atoms with van der Waals surface area (Å²) < 4.78 is 13.8. The van der Waals surface area contributed by atoms with E-state index in [1.165, 1.54) is 19.3 Å². The first-order chi connectivity index (χ1) is 12.8. The SMILES string of the molecule is CCCCOc1c(CNCc2nnc3n2CCCCC3)cccc1OC. The average molecular weight is 358 g/mol. The fourth-order valence-corrected chi connectivity index (χ4v) is 3.33. The molecule has 1 aromatic heterocycles. The molecule has 0 spiro atoms. The second kappa shape index (κ2) is 9.57. The molecule has 0 saturated heterocycles. The third kappa shape index (κ3) is 4.55. The van der Waals surface area contributed by atoms with Gasteiger partial charge in [0.15, 0.2) is 11.5 Å². The number of rotatable bonds is 9. The molecule has 142 valence electrons. The fourth-order valence-electron chi connectivity index (χ4n) is 3.33. The molecule has 0 amide bonds. The van der Waals surface area contributed by atoms with Crippen molar-refractivity contribution in [3.8, 4) is 11.5 Å². The summed E-state index contributed by atoms with van der Waals surface area (Å²) in [6.07, 6.45) is 6.89. The molecular formula is C20H30N4O2. The zero-order chi connectivity index (χ0) is 18.2. The summed E-state index contributed by atoms with van der Waals surface area (Å²) in [5, 5.41) is 12.2. The minimum atomic E-state index is 0.707. The first-order valence-electron chi connectivity index (χ1n) is 9.73. The summed E-state index contributed by atoms with van der Waals surface area (Å²) in [6, 6.07) is 6.04. The van der Waals surface area contributed by atoms with Crippen LogP contribution in [-0.4, -0.2) is 28.5 Å². The molecule has 6 nitrogen and oxygen atoms in total. The molecule has 0 atom stereocenters. The van der Waals surface area contributed by atoms with E-state index in [0.29, 0.717) is 19.7 Å². The summed E-state index contributed by atoms with van der Waals surface area (Å²) in [7, 11) is 1.69. The van der Waals surface area contributed by atoms with Crippen molar-refractivity contribution < 1.29 is 9.47 Å². The summed E-state index contributed by atoms with van der Waals surface area (Å²) in [4.78, 5) is 0. The van der Waals surface area contributed by atoms with Gasteiger partial charge in [0.2, 0.25) is 0 Å². The highest BCUT2D eigenvalue weighted by molar-refractivity contribution is 5.46. The summed E-state index contributed by atoms with van der Waals surface area (Å²) >= 11 is 0. The second-order valence-corrected chi connectivity index (χ2v) is 6.75. The number of nitrogens with zero attached hydrogens (tertiary/aromatic N) is 3. The van der Waals surface area contributed by atoms with Gasteiger partial charge < -0.3 is 19.4 Å². The molecule has 0 radical (unpaired) electrons. The van der Waals surface area contributed by atoms with Gasteiger partial charge in [-0.3, -0.25) is 0 Å². The number of hydrogen-bond acceptors (Lipinski definition) is 5. The number of aryl methyl sites for hydroxylation is 1. The third-order valence-electron chi connectivity index (χ3n) is 4.81. The monoisotopic (exact) mass is 358 g/mol. The molecule has 1 N–H and O–H groups in total. The molecule has 0 saturated carbocycles. The summed E-state index contributed by atoms with van der Waals surface area (Å²) in [6.45, 7) is 5.32. The van der Waals surface area contributed by atoms with Gasteiger partial charge in [0.05, 0.1) is 20.3 Å². The highest BCUT2D eigenvalue weighted by Crippen LogP contribution is 2.31. The number of fused-ring (bicyclic) bond motifs is 1. The van der Waals surface area contributed by atoms with Crippen LogP contribution < -0.4 is 14.8 Å². The number of ether oxygens (including phenoxy) is 2. The lowest BCUT2D eigenvalue weighted by Gasteiger charge is -2.15. The lowest BCUT2D eigenvalue weighted by Crippen LogP contribution is -2.18. The molecule has 3 rings (SSSR count). The van der Waals surface area contributed by atoms with Crippen molar-refractivity contribution in [3.63, 3.8) is 0 Å². The molecule has 6 heteroatoms. The van der Waals surface area contributed by atoms with Crippen molar-refractivity contribution in [3.05, 3.63) is 35.4 Å². The van der Waals surface area contributed by atoms with Crippen molar-refractivity contribution >= 4 is 0 Å². The van der Waals surface area contributed by atoms with Crippen LogP contribution in [0.3, 0.4) is 0 Å². The number of benzene rings is 1. The standard InChI is InChI=1S/C20H30N4O2/c1-3-4-13-26-20-16(9-8-10-17(20)25-2)14-21-15-19-23-22-18-11-6-5-7-12-24(18)19/h8-10,21H,3-7,11-15H2,1-2H3. The van der Waals surface area contributed by atoms with Crippen LogP contribution >= 0.6 is 0 Å². The number of nitrogens with one attached hydrogen (secondary N) is 1. The average Bonchev–Trinajstić information content (AvgIpc) is 2.89. The Kier molecular flexibility index (Phi) is 6.89. The highest BCUT2D eigenvalue weighted by Gasteiger charge is 2.15. The Hall–Kier alpha value is -2.08. The first kappa shape index (κ1) is 18.7. The number of unbranched alkanes of at least 4 members (excludes halogenated alkanes) is 1. The van der Waals surface area contributed by atoms with Crippen LogP contribution in [0.15, 0.2) is 18.2 Å². The lowest BCUT2D eigenvalue weighted by molar-refractivity contribution is 0.284. The minimum absolute atomic E-state index is 0.707. The molecule has 0 bridgehead atoms. The van der Waals surface area contributed by atoms with Gasteiger partial charge in [-0.1, -0.05) is 31.9 Å². The van der Waals surface area contributed by atoms with Gasteiger partial charge in [-0.15, -0.1) is 10.2 Å². The van der Waals surface area contributed by atoms with Crippen molar-refractivity contribution in [2.24, 2.45) is 0 Å². The third-order valence-corrected chi connectivity index (χ3v) is 4.81. The van der Waals surface area contributed by atoms with E-state index in [1.54, 1.807) is 7.11 Å². The molecule has 2 heterocycles. The predicted molar refractivity (Wildman–Crippen MR) is 102 cm³/mol. The van der Waals surface area contributed by atoms with Crippen molar-refractivity contribution in [1.82, 2.24) is 20.1 Å². The topological polar surface area (TPSA) is 61.2 Å². The molecule has 1 aliphatic rings. The van der Waals surface area contributed by atoms with Gasteiger partial charge >= 0.3 is 0 Å². The summed E-state index contributed by atoms with van der Waals surface area (Å²) in [5.74, 6) is 3.79. The second-order valence-electron chi connectivity index (χ2n) is 6.75. The fraction of sp³-hybridized carbons (Fsp3) is 0.600. The van der Waals surface area contributed by atoms with E-state index >= 15 is 0 Å². The van der Waals surface area contributed by atoms with Crippen LogP contribution in [-0.2, 0) is 26.1 Å². The van der Waals surface area contributed by atoms with Crippen LogP contribution in [0, 0.1) is 0 Å². The van der Waals surface area contributed by atoms with Gasteiger partial charge in [0.25, 0.3) is 0 Å². The van der Waals surface area contributed by atoms with Gasteiger partial charge in [0.1, 0.15) is 11.6 Å². The molecule has 0 fully saturated rings. The Morgan fingerprint density at radius 3 is 2.92 bits per heavy atom. The Balaban J connectivity index is 1.63. The molecular weight excluding hydrogens is 328 g/mol. The Morgan fingerprint density at radius 2 is 2.08 bits per heavy atom. The van der Waals surface area contributed by atoms with Gasteiger partial charge in [-0.2, -0.15) is 0 Å². The van der Waals surface area contributed by atoms with Crippen molar-refractivity contribution in [2.75, 3.05) is 13.7 Å². The quantitative estimate of drug-likeness (QED) is 0.696. The number of methoxy groups -OCH3 is 1. The van der Waals surface area contributed by atoms with Crippen molar-refractivity contribution in [2.45, 2.75) is 65.1 Å². The molecule has 0 aliphatic carbocycles. The molecule has 2 aromatic rings. The van der Waals surface area contributed by atoms with Crippen LogP contribution in [0.1, 0.15) is 56.2 Å². The van der Waals surface area contributed by atoms with E-state index in [0.717, 1.165) is 54.5 Å². The zero-order valence-electron chi connectivity index (χ0n) is 16.0. The number of para-hydroxylation sites is 1. The molecule has 1 aromatic carbocycles. The first-order valence-corrected chi connectivity index (χ1v) is 9.73.